The van der Waals surface area contributed by atoms with Crippen molar-refractivity contribution in [3.8, 4) is 11.3 Å². The maximum atomic E-state index is 12.8. The van der Waals surface area contributed by atoms with Crippen molar-refractivity contribution in [1.82, 2.24) is 10.6 Å². The van der Waals surface area contributed by atoms with Crippen molar-refractivity contribution in [2.24, 2.45) is 0 Å². The summed E-state index contributed by atoms with van der Waals surface area (Å²) in [5, 5.41) is 4.32. The number of carbonyl (C=O) groups is 3. The van der Waals surface area contributed by atoms with Gasteiger partial charge in [-0.3, -0.25) is 10.1 Å². The lowest BCUT2D eigenvalue weighted by molar-refractivity contribution is -0.137. The predicted octanol–water partition coefficient (Wildman–Crippen LogP) is 3.74. The molecule has 1 aromatic carbocycles. The molecule has 8 nitrogen and oxygen atoms in total. The highest BCUT2D eigenvalue weighted by Crippen LogP contribution is 2.32. The molecule has 11 heteroatoms. The monoisotopic (exact) mass is 436 g/mol. The van der Waals surface area contributed by atoms with Gasteiger partial charge in [0.05, 0.1) is 18.4 Å². The molecule has 0 unspecified atom stereocenters. The van der Waals surface area contributed by atoms with Crippen molar-refractivity contribution in [2.45, 2.75) is 12.7 Å². The highest BCUT2D eigenvalue weighted by molar-refractivity contribution is 5.96. The fourth-order valence-corrected chi connectivity index (χ4v) is 2.44. The zero-order valence-corrected chi connectivity index (χ0v) is 15.7. The molecule has 0 fully saturated rings. The molecule has 3 aromatic rings. The van der Waals surface area contributed by atoms with E-state index in [0.29, 0.717) is 5.76 Å². The van der Waals surface area contributed by atoms with E-state index in [1.807, 2.05) is 5.32 Å². The summed E-state index contributed by atoms with van der Waals surface area (Å²) in [6.45, 7) is -0.719. The first-order chi connectivity index (χ1) is 14.7. The van der Waals surface area contributed by atoms with Crippen molar-refractivity contribution >= 4 is 17.9 Å². The first-order valence-corrected chi connectivity index (χ1v) is 8.77. The van der Waals surface area contributed by atoms with E-state index < -0.39 is 36.3 Å². The van der Waals surface area contributed by atoms with Crippen molar-refractivity contribution in [3.05, 3.63) is 71.9 Å². The van der Waals surface area contributed by atoms with Crippen molar-refractivity contribution in [2.75, 3.05) is 6.61 Å². The number of rotatable bonds is 6. The average molecular weight is 436 g/mol. The topological polar surface area (TPSA) is 111 Å². The SMILES string of the molecule is O=C(COC(=O)c1ccc(-c2cccc(C(F)(F)F)c2)o1)NC(=O)NCc1ccco1. The molecule has 2 heterocycles. The first-order valence-electron chi connectivity index (χ1n) is 8.77. The summed E-state index contributed by atoms with van der Waals surface area (Å²) >= 11 is 0. The van der Waals surface area contributed by atoms with Crippen LogP contribution < -0.4 is 10.6 Å². The van der Waals surface area contributed by atoms with E-state index in [0.717, 1.165) is 12.1 Å². The number of amides is 3. The molecule has 0 aliphatic carbocycles. The third-order valence-electron chi connectivity index (χ3n) is 3.87. The third-order valence-corrected chi connectivity index (χ3v) is 3.87. The molecule has 2 N–H and O–H groups in total. The fraction of sp³-hybridized carbons (Fsp3) is 0.150. The molecule has 0 radical (unpaired) electrons. The molecule has 0 saturated carbocycles. The Morgan fingerprint density at radius 2 is 1.84 bits per heavy atom. The molecule has 0 bridgehead atoms. The largest absolute Gasteiger partial charge is 0.467 e. The van der Waals surface area contributed by atoms with Crippen LogP contribution in [0.2, 0.25) is 0 Å². The van der Waals surface area contributed by atoms with Gasteiger partial charge in [-0.05, 0) is 36.4 Å². The van der Waals surface area contributed by atoms with Crippen LogP contribution >= 0.6 is 0 Å². The number of nitrogens with one attached hydrogen (secondary N) is 2. The summed E-state index contributed by atoms with van der Waals surface area (Å²) in [5.74, 6) is -1.75. The lowest BCUT2D eigenvalue weighted by Gasteiger charge is -2.07. The van der Waals surface area contributed by atoms with E-state index in [1.54, 1.807) is 12.1 Å². The van der Waals surface area contributed by atoms with Gasteiger partial charge in [0.15, 0.2) is 6.61 Å². The third kappa shape index (κ3) is 5.98. The number of hydrogen-bond donors (Lipinski definition) is 2. The number of hydrogen-bond acceptors (Lipinski definition) is 6. The van der Waals surface area contributed by atoms with E-state index in [1.165, 1.54) is 30.5 Å². The fourth-order valence-electron chi connectivity index (χ4n) is 2.44. The number of ether oxygens (including phenoxy) is 1. The molecule has 3 amide bonds. The quantitative estimate of drug-likeness (QED) is 0.570. The number of benzene rings is 1. The highest BCUT2D eigenvalue weighted by Gasteiger charge is 2.30. The summed E-state index contributed by atoms with van der Waals surface area (Å²) in [6, 6.07) is 9.32. The Morgan fingerprint density at radius 3 is 2.55 bits per heavy atom. The van der Waals surface area contributed by atoms with Crippen molar-refractivity contribution in [3.63, 3.8) is 0 Å². The second-order valence-corrected chi connectivity index (χ2v) is 6.13. The van der Waals surface area contributed by atoms with Gasteiger partial charge in [0.2, 0.25) is 5.76 Å². The standard InChI is InChI=1S/C20H15F3N2O6/c21-20(22,23)13-4-1-3-12(9-13)15-6-7-16(31-15)18(27)30-11-17(26)25-19(28)24-10-14-5-2-8-29-14/h1-9H,10-11H2,(H2,24,25,26,28). The molecule has 3 rings (SSSR count). The van der Waals surface area contributed by atoms with Crippen LogP contribution in [0.15, 0.2) is 63.6 Å². The Kier molecular flexibility index (Phi) is 6.43. The molecule has 2 aromatic heterocycles. The summed E-state index contributed by atoms with van der Waals surface area (Å²) in [5.41, 5.74) is -0.757. The number of alkyl halides is 3. The van der Waals surface area contributed by atoms with E-state index in [2.05, 4.69) is 5.32 Å². The van der Waals surface area contributed by atoms with Crippen LogP contribution in [0.4, 0.5) is 18.0 Å². The van der Waals surface area contributed by atoms with Gasteiger partial charge in [-0.1, -0.05) is 12.1 Å². The van der Waals surface area contributed by atoms with E-state index in [-0.39, 0.29) is 23.6 Å². The van der Waals surface area contributed by atoms with Gasteiger partial charge in [-0.25, -0.2) is 9.59 Å². The lowest BCUT2D eigenvalue weighted by Crippen LogP contribution is -2.41. The first kappa shape index (κ1) is 21.7. The molecule has 0 aliphatic rings. The summed E-state index contributed by atoms with van der Waals surface area (Å²) < 4.78 is 53.5. The van der Waals surface area contributed by atoms with E-state index in [4.69, 9.17) is 13.6 Å². The molecule has 0 saturated heterocycles. The molecule has 0 atom stereocenters. The van der Waals surface area contributed by atoms with Crippen molar-refractivity contribution < 1.29 is 41.1 Å². The molecular formula is C20H15F3N2O6. The number of imide groups is 1. The summed E-state index contributed by atoms with van der Waals surface area (Å²) in [6.07, 6.45) is -3.10. The minimum atomic E-state index is -4.53. The minimum Gasteiger partial charge on any atom is -0.467 e. The van der Waals surface area contributed by atoms with E-state index >= 15 is 0 Å². The van der Waals surface area contributed by atoms with Gasteiger partial charge in [0, 0.05) is 5.56 Å². The second kappa shape index (κ2) is 9.20. The molecule has 162 valence electrons. The molecule has 0 spiro atoms. The maximum Gasteiger partial charge on any atom is 0.416 e. The maximum absolute atomic E-state index is 12.8. The Hall–Kier alpha value is -4.02. The van der Waals surface area contributed by atoms with Crippen LogP contribution in [0.3, 0.4) is 0 Å². The van der Waals surface area contributed by atoms with Gasteiger partial charge in [0.1, 0.15) is 11.5 Å². The number of esters is 1. The number of urea groups is 1. The van der Waals surface area contributed by atoms with Crippen LogP contribution in [0.25, 0.3) is 11.3 Å². The van der Waals surface area contributed by atoms with Gasteiger partial charge in [0.25, 0.3) is 5.91 Å². The summed E-state index contributed by atoms with van der Waals surface area (Å²) in [4.78, 5) is 35.3. The number of furan rings is 2. The molecule has 0 aliphatic heterocycles. The zero-order chi connectivity index (χ0) is 22.4. The molecular weight excluding hydrogens is 421 g/mol. The Bertz CT molecular complexity index is 1070. The number of halogens is 3. The van der Waals surface area contributed by atoms with Gasteiger partial charge >= 0.3 is 18.2 Å². The van der Waals surface area contributed by atoms with Gasteiger partial charge in [-0.15, -0.1) is 0 Å². The van der Waals surface area contributed by atoms with Crippen LogP contribution in [0.5, 0.6) is 0 Å². The normalized spacial score (nSPS) is 11.1. The Labute approximate surface area is 173 Å². The van der Waals surface area contributed by atoms with Gasteiger partial charge < -0.3 is 18.9 Å². The zero-order valence-electron chi connectivity index (χ0n) is 15.7. The van der Waals surface area contributed by atoms with Gasteiger partial charge in [-0.2, -0.15) is 13.2 Å². The minimum absolute atomic E-state index is 0.0137. The predicted molar refractivity (Wildman–Crippen MR) is 98.5 cm³/mol. The lowest BCUT2D eigenvalue weighted by atomic mass is 10.1. The Morgan fingerprint density at radius 1 is 1.03 bits per heavy atom. The smallest absolute Gasteiger partial charge is 0.416 e. The van der Waals surface area contributed by atoms with Crippen molar-refractivity contribution in [1.29, 1.82) is 0 Å². The summed E-state index contributed by atoms with van der Waals surface area (Å²) in [7, 11) is 0. The highest BCUT2D eigenvalue weighted by atomic mass is 19.4. The number of carbonyl (C=O) groups excluding carboxylic acids is 3. The van der Waals surface area contributed by atoms with Crippen LogP contribution in [0.1, 0.15) is 21.9 Å². The van der Waals surface area contributed by atoms with Crippen LogP contribution in [-0.4, -0.2) is 24.5 Å². The van der Waals surface area contributed by atoms with E-state index in [9.17, 15) is 27.6 Å². The van der Waals surface area contributed by atoms with Crippen LogP contribution in [0, 0.1) is 0 Å². The molecule has 31 heavy (non-hydrogen) atoms. The second-order valence-electron chi connectivity index (χ2n) is 6.13. The average Bonchev–Trinajstić information content (AvgIpc) is 3.42. The Balaban J connectivity index is 1.51. The van der Waals surface area contributed by atoms with Crippen LogP contribution in [-0.2, 0) is 22.3 Å².